The Morgan fingerprint density at radius 1 is 0.815 bits per heavy atom. The van der Waals surface area contributed by atoms with Crippen molar-refractivity contribution in [2.45, 2.75) is 6.92 Å². The molecule has 0 aliphatic heterocycles. The topological polar surface area (TPSA) is 74.3 Å². The molecule has 0 atom stereocenters. The van der Waals surface area contributed by atoms with Gasteiger partial charge in [0.15, 0.2) is 0 Å². The summed E-state index contributed by atoms with van der Waals surface area (Å²) in [7, 11) is 1.95. The lowest BCUT2D eigenvalue weighted by molar-refractivity contribution is -0.114. The van der Waals surface area contributed by atoms with Crippen LogP contribution in [0, 0.1) is 0 Å². The van der Waals surface area contributed by atoms with Gasteiger partial charge in [-0.3, -0.25) is 9.59 Å². The first-order chi connectivity index (χ1) is 13.0. The van der Waals surface area contributed by atoms with E-state index in [0.29, 0.717) is 17.1 Å². The number of anilines is 4. The molecule has 0 unspecified atom stereocenters. The molecule has 0 spiro atoms. The van der Waals surface area contributed by atoms with Crippen LogP contribution >= 0.6 is 0 Å². The molecule has 0 saturated carbocycles. The number of benzene rings is 2. The minimum atomic E-state index is -0.295. The number of rotatable bonds is 5. The largest absolute Gasteiger partial charge is 0.343 e. The molecule has 2 N–H and O–H groups in total. The van der Waals surface area contributed by atoms with Crippen molar-refractivity contribution in [1.82, 2.24) is 4.98 Å². The molecule has 3 rings (SSSR count). The Morgan fingerprint density at radius 2 is 1.44 bits per heavy atom. The second-order valence-corrected chi connectivity index (χ2v) is 6.01. The molecule has 0 aliphatic carbocycles. The average molecular weight is 360 g/mol. The van der Waals surface area contributed by atoms with Gasteiger partial charge in [-0.25, -0.2) is 4.98 Å². The fourth-order valence-electron chi connectivity index (χ4n) is 2.55. The van der Waals surface area contributed by atoms with E-state index >= 15 is 0 Å². The molecule has 2 amide bonds. The highest BCUT2D eigenvalue weighted by Gasteiger charge is 2.10. The lowest BCUT2D eigenvalue weighted by atomic mass is 10.2. The zero-order valence-electron chi connectivity index (χ0n) is 15.1. The maximum absolute atomic E-state index is 12.4. The van der Waals surface area contributed by atoms with E-state index in [-0.39, 0.29) is 11.8 Å². The van der Waals surface area contributed by atoms with Crippen LogP contribution in [0.5, 0.6) is 0 Å². The van der Waals surface area contributed by atoms with Gasteiger partial charge >= 0.3 is 0 Å². The number of hydrogen-bond donors (Lipinski definition) is 2. The van der Waals surface area contributed by atoms with E-state index in [2.05, 4.69) is 15.6 Å². The summed E-state index contributed by atoms with van der Waals surface area (Å²) in [6.07, 6.45) is 1.67. The lowest BCUT2D eigenvalue weighted by Crippen LogP contribution is -2.15. The Kier molecular flexibility index (Phi) is 5.47. The first kappa shape index (κ1) is 18.1. The smallest absolute Gasteiger partial charge is 0.274 e. The molecule has 6 heteroatoms. The first-order valence-corrected chi connectivity index (χ1v) is 8.47. The molecular weight excluding hydrogens is 340 g/mol. The number of para-hydroxylation sites is 1. The van der Waals surface area contributed by atoms with Crippen LogP contribution in [0.25, 0.3) is 0 Å². The number of carbonyl (C=O) groups excluding carboxylic acids is 2. The molecule has 0 saturated heterocycles. The molecule has 0 fully saturated rings. The van der Waals surface area contributed by atoms with Gasteiger partial charge in [0.05, 0.1) is 11.9 Å². The molecule has 1 heterocycles. The van der Waals surface area contributed by atoms with Crippen molar-refractivity contribution >= 4 is 34.6 Å². The van der Waals surface area contributed by atoms with Gasteiger partial charge in [-0.1, -0.05) is 18.2 Å². The van der Waals surface area contributed by atoms with Crippen molar-refractivity contribution in [3.05, 3.63) is 78.6 Å². The summed E-state index contributed by atoms with van der Waals surface area (Å²) in [6, 6.07) is 20.4. The maximum atomic E-state index is 12.4. The first-order valence-electron chi connectivity index (χ1n) is 8.47. The number of nitrogens with zero attached hydrogens (tertiary/aromatic N) is 2. The van der Waals surface area contributed by atoms with Gasteiger partial charge in [0.2, 0.25) is 5.91 Å². The zero-order valence-corrected chi connectivity index (χ0v) is 15.1. The summed E-state index contributed by atoms with van der Waals surface area (Å²) >= 11 is 0. The summed E-state index contributed by atoms with van der Waals surface area (Å²) in [5.74, 6) is -0.437. The number of carbonyl (C=O) groups is 2. The van der Waals surface area contributed by atoms with E-state index in [4.69, 9.17) is 0 Å². The minimum absolute atomic E-state index is 0.142. The Labute approximate surface area is 157 Å². The molecule has 27 heavy (non-hydrogen) atoms. The van der Waals surface area contributed by atoms with Crippen LogP contribution in [0.15, 0.2) is 72.9 Å². The van der Waals surface area contributed by atoms with E-state index in [1.807, 2.05) is 48.3 Å². The third-order valence-corrected chi connectivity index (χ3v) is 3.97. The summed E-state index contributed by atoms with van der Waals surface area (Å²) in [6.45, 7) is 1.44. The van der Waals surface area contributed by atoms with Gasteiger partial charge in [0.25, 0.3) is 5.91 Å². The third kappa shape index (κ3) is 4.70. The zero-order chi connectivity index (χ0) is 19.2. The molecule has 3 aromatic rings. The van der Waals surface area contributed by atoms with E-state index in [9.17, 15) is 9.59 Å². The van der Waals surface area contributed by atoms with E-state index in [0.717, 1.165) is 11.4 Å². The van der Waals surface area contributed by atoms with Crippen molar-refractivity contribution in [2.24, 2.45) is 0 Å². The Hall–Kier alpha value is -3.67. The highest BCUT2D eigenvalue weighted by Crippen LogP contribution is 2.22. The van der Waals surface area contributed by atoms with Gasteiger partial charge in [-0.2, -0.15) is 0 Å². The van der Waals surface area contributed by atoms with E-state index in [1.54, 1.807) is 36.5 Å². The minimum Gasteiger partial charge on any atom is -0.343 e. The van der Waals surface area contributed by atoms with Crippen LogP contribution in [0.4, 0.5) is 22.7 Å². The van der Waals surface area contributed by atoms with Crippen LogP contribution in [0.3, 0.4) is 0 Å². The van der Waals surface area contributed by atoms with E-state index in [1.165, 1.54) is 6.92 Å². The summed E-state index contributed by atoms with van der Waals surface area (Å²) in [4.78, 5) is 29.7. The Balaban J connectivity index is 1.66. The SMILES string of the molecule is CC(=O)Nc1ccc(NC(=O)c2ccc(N(C)c3ccccc3)cn2)cc1. The van der Waals surface area contributed by atoms with Gasteiger partial charge in [-0.05, 0) is 48.5 Å². The molecule has 2 aromatic carbocycles. The van der Waals surface area contributed by atoms with Crippen molar-refractivity contribution in [3.8, 4) is 0 Å². The highest BCUT2D eigenvalue weighted by molar-refractivity contribution is 6.03. The molecule has 0 aliphatic rings. The van der Waals surface area contributed by atoms with Crippen molar-refractivity contribution in [1.29, 1.82) is 0 Å². The second kappa shape index (κ2) is 8.14. The molecule has 136 valence electrons. The second-order valence-electron chi connectivity index (χ2n) is 6.01. The van der Waals surface area contributed by atoms with Crippen LogP contribution in [0.1, 0.15) is 17.4 Å². The monoisotopic (exact) mass is 360 g/mol. The summed E-state index contributed by atoms with van der Waals surface area (Å²) in [5, 5.41) is 5.47. The van der Waals surface area contributed by atoms with Crippen molar-refractivity contribution < 1.29 is 9.59 Å². The quantitative estimate of drug-likeness (QED) is 0.719. The predicted molar refractivity (Wildman–Crippen MR) is 107 cm³/mol. The molecule has 0 bridgehead atoms. The Morgan fingerprint density at radius 3 is 2.00 bits per heavy atom. The number of pyridine rings is 1. The molecular formula is C21H20N4O2. The standard InChI is InChI=1S/C21H20N4O2/c1-15(26)23-16-8-10-17(11-9-16)24-21(27)20-13-12-19(14-22-20)25(2)18-6-4-3-5-7-18/h3-14H,1-2H3,(H,23,26)(H,24,27). The fraction of sp³-hybridized carbons (Fsp3) is 0.0952. The van der Waals surface area contributed by atoms with Gasteiger partial charge < -0.3 is 15.5 Å². The van der Waals surface area contributed by atoms with Crippen LogP contribution in [-0.4, -0.2) is 23.8 Å². The Bertz CT molecular complexity index is 923. The van der Waals surface area contributed by atoms with Gasteiger partial charge in [-0.15, -0.1) is 0 Å². The van der Waals surface area contributed by atoms with Crippen molar-refractivity contribution in [2.75, 3.05) is 22.6 Å². The van der Waals surface area contributed by atoms with Crippen molar-refractivity contribution in [3.63, 3.8) is 0 Å². The number of nitrogens with one attached hydrogen (secondary N) is 2. The van der Waals surface area contributed by atoms with E-state index < -0.39 is 0 Å². The number of aromatic nitrogens is 1. The maximum Gasteiger partial charge on any atom is 0.274 e. The average Bonchev–Trinajstić information content (AvgIpc) is 2.69. The lowest BCUT2D eigenvalue weighted by Gasteiger charge is -2.19. The van der Waals surface area contributed by atoms with Gasteiger partial charge in [0.1, 0.15) is 5.69 Å². The van der Waals surface area contributed by atoms with Gasteiger partial charge in [0, 0.05) is 31.0 Å². The normalized spacial score (nSPS) is 10.1. The summed E-state index contributed by atoms with van der Waals surface area (Å²) in [5.41, 5.74) is 3.55. The number of amides is 2. The summed E-state index contributed by atoms with van der Waals surface area (Å²) < 4.78 is 0. The van der Waals surface area contributed by atoms with Crippen LogP contribution in [0.2, 0.25) is 0 Å². The molecule has 0 radical (unpaired) electrons. The fourth-order valence-corrected chi connectivity index (χ4v) is 2.55. The predicted octanol–water partition coefficient (Wildman–Crippen LogP) is 4.06. The third-order valence-electron chi connectivity index (χ3n) is 3.97. The highest BCUT2D eigenvalue weighted by atomic mass is 16.2. The van der Waals surface area contributed by atoms with Crippen LogP contribution in [-0.2, 0) is 4.79 Å². The molecule has 6 nitrogen and oxygen atoms in total. The van der Waals surface area contributed by atoms with Crippen LogP contribution < -0.4 is 15.5 Å². The molecule has 1 aromatic heterocycles. The number of hydrogen-bond acceptors (Lipinski definition) is 4.